The number of hydrogen-bond acceptors (Lipinski definition) is 3. The molecule has 2 N–H and O–H groups in total. The van der Waals surface area contributed by atoms with Crippen LogP contribution in [0, 0.1) is 17.8 Å². The molecule has 1 amide bonds. The molecule has 0 saturated heterocycles. The van der Waals surface area contributed by atoms with Gasteiger partial charge in [0.2, 0.25) is 5.91 Å². The monoisotopic (exact) mass is 230 g/mol. The summed E-state index contributed by atoms with van der Waals surface area (Å²) >= 11 is 0. The molecule has 88 valence electrons. The Morgan fingerprint density at radius 3 is 3.06 bits per heavy atom. The molecule has 1 aliphatic rings. The number of anilines is 1. The number of nitrogens with zero attached hydrogens (tertiary/aromatic N) is 1. The van der Waals surface area contributed by atoms with Gasteiger partial charge in [0.05, 0.1) is 0 Å². The molecular weight excluding hydrogens is 216 g/mol. The molecule has 1 saturated carbocycles. The van der Waals surface area contributed by atoms with Crippen LogP contribution in [0.3, 0.4) is 0 Å². The van der Waals surface area contributed by atoms with Gasteiger partial charge in [0.1, 0.15) is 12.4 Å². The molecule has 0 aliphatic heterocycles. The Hall–Kier alpha value is -1.86. The second-order valence-electron chi connectivity index (χ2n) is 4.01. The van der Waals surface area contributed by atoms with Gasteiger partial charge in [-0.15, -0.1) is 0 Å². The highest BCUT2D eigenvalue weighted by Gasteiger charge is 2.25. The number of aromatic nitrogens is 1. The van der Waals surface area contributed by atoms with E-state index in [1.165, 1.54) is 0 Å². The lowest BCUT2D eigenvalue weighted by Gasteiger charge is -2.23. The van der Waals surface area contributed by atoms with E-state index in [0.717, 1.165) is 24.8 Å². The molecule has 2 rings (SSSR count). The van der Waals surface area contributed by atoms with Gasteiger partial charge >= 0.3 is 0 Å². The van der Waals surface area contributed by atoms with Gasteiger partial charge in [-0.1, -0.05) is 18.3 Å². The summed E-state index contributed by atoms with van der Waals surface area (Å²) in [5, 5.41) is 11.4. The smallest absolute Gasteiger partial charge is 0.228 e. The van der Waals surface area contributed by atoms with Crippen LogP contribution in [0.4, 0.5) is 5.82 Å². The molecule has 0 unspecified atom stereocenters. The van der Waals surface area contributed by atoms with E-state index in [4.69, 9.17) is 5.11 Å². The maximum absolute atomic E-state index is 11.7. The Morgan fingerprint density at radius 2 is 2.41 bits per heavy atom. The number of nitrogens with one attached hydrogen (secondary N) is 1. The van der Waals surface area contributed by atoms with Crippen LogP contribution < -0.4 is 5.32 Å². The van der Waals surface area contributed by atoms with E-state index >= 15 is 0 Å². The number of rotatable bonds is 2. The average Bonchev–Trinajstić information content (AvgIpc) is 2.24. The highest BCUT2D eigenvalue weighted by atomic mass is 16.2. The number of carbonyl (C=O) groups excluding carboxylic acids is 1. The van der Waals surface area contributed by atoms with Gasteiger partial charge in [-0.05, 0) is 25.0 Å². The molecule has 0 aromatic carbocycles. The molecular formula is C13H14N2O2. The molecule has 1 aliphatic carbocycles. The first-order chi connectivity index (χ1) is 8.29. The van der Waals surface area contributed by atoms with Crippen LogP contribution in [0.1, 0.15) is 24.8 Å². The van der Waals surface area contributed by atoms with E-state index in [-0.39, 0.29) is 18.4 Å². The lowest BCUT2D eigenvalue weighted by atomic mass is 9.85. The van der Waals surface area contributed by atoms with Crippen molar-refractivity contribution in [2.45, 2.75) is 19.3 Å². The zero-order chi connectivity index (χ0) is 12.1. The molecule has 4 nitrogen and oxygen atoms in total. The number of amides is 1. The number of hydrogen-bond donors (Lipinski definition) is 2. The molecule has 1 aromatic heterocycles. The van der Waals surface area contributed by atoms with Gasteiger partial charge in [-0.2, -0.15) is 0 Å². The first kappa shape index (κ1) is 11.6. The van der Waals surface area contributed by atoms with E-state index in [1.807, 2.05) is 0 Å². The quantitative estimate of drug-likeness (QED) is 0.749. The van der Waals surface area contributed by atoms with Crippen LogP contribution in [0.25, 0.3) is 0 Å². The summed E-state index contributed by atoms with van der Waals surface area (Å²) in [6.07, 6.45) is 4.66. The number of carbonyl (C=O) groups is 1. The molecule has 0 bridgehead atoms. The average molecular weight is 230 g/mol. The number of aliphatic hydroxyl groups is 1. The van der Waals surface area contributed by atoms with Crippen molar-refractivity contribution in [1.29, 1.82) is 0 Å². The standard InChI is InChI=1S/C13H14N2O2/c16-8-2-3-10-6-7-14-12(9-10)15-13(17)11-4-1-5-11/h6-7,9,11,16H,1,4-5,8H2,(H,14,15,17). The van der Waals surface area contributed by atoms with Crippen molar-refractivity contribution < 1.29 is 9.90 Å². The van der Waals surface area contributed by atoms with Gasteiger partial charge in [0, 0.05) is 17.7 Å². The van der Waals surface area contributed by atoms with Crippen molar-refractivity contribution in [3.05, 3.63) is 23.9 Å². The van der Waals surface area contributed by atoms with Crippen LogP contribution in [0.2, 0.25) is 0 Å². The summed E-state index contributed by atoms with van der Waals surface area (Å²) in [7, 11) is 0. The summed E-state index contributed by atoms with van der Waals surface area (Å²) in [6.45, 7) is -0.175. The predicted molar refractivity (Wildman–Crippen MR) is 64.2 cm³/mol. The fourth-order valence-electron chi connectivity index (χ4n) is 1.62. The Bertz CT molecular complexity index is 470. The topological polar surface area (TPSA) is 62.2 Å². The second-order valence-corrected chi connectivity index (χ2v) is 4.01. The molecule has 1 fully saturated rings. The minimum absolute atomic E-state index is 0.0380. The maximum atomic E-state index is 11.7. The lowest BCUT2D eigenvalue weighted by molar-refractivity contribution is -0.122. The van der Waals surface area contributed by atoms with E-state index in [2.05, 4.69) is 22.1 Å². The van der Waals surface area contributed by atoms with Gasteiger partial charge in [0.15, 0.2) is 0 Å². The largest absolute Gasteiger partial charge is 0.384 e. The van der Waals surface area contributed by atoms with E-state index < -0.39 is 0 Å². The molecule has 4 heteroatoms. The van der Waals surface area contributed by atoms with E-state index in [1.54, 1.807) is 18.3 Å². The molecule has 0 radical (unpaired) electrons. The van der Waals surface area contributed by atoms with Gasteiger partial charge in [-0.3, -0.25) is 4.79 Å². The van der Waals surface area contributed by atoms with E-state index in [9.17, 15) is 4.79 Å². The van der Waals surface area contributed by atoms with Gasteiger partial charge in [0.25, 0.3) is 0 Å². The zero-order valence-corrected chi connectivity index (χ0v) is 9.44. The molecule has 0 atom stereocenters. The number of pyridine rings is 1. The third kappa shape index (κ3) is 3.05. The molecule has 0 spiro atoms. The van der Waals surface area contributed by atoms with Crippen molar-refractivity contribution in [2.75, 3.05) is 11.9 Å². The Labute approximate surface area is 100 Å². The summed E-state index contributed by atoms with van der Waals surface area (Å²) in [5.74, 6) is 6.03. The number of aliphatic hydroxyl groups excluding tert-OH is 1. The Balaban J connectivity index is 2.02. The minimum Gasteiger partial charge on any atom is -0.384 e. The summed E-state index contributed by atoms with van der Waals surface area (Å²) in [5.41, 5.74) is 0.734. The normalized spacial score (nSPS) is 14.4. The minimum atomic E-state index is -0.175. The van der Waals surface area contributed by atoms with Crippen LogP contribution in [-0.4, -0.2) is 22.6 Å². The van der Waals surface area contributed by atoms with Gasteiger partial charge < -0.3 is 10.4 Å². The first-order valence-corrected chi connectivity index (χ1v) is 5.66. The van der Waals surface area contributed by atoms with Crippen LogP contribution in [0.15, 0.2) is 18.3 Å². The van der Waals surface area contributed by atoms with Crippen molar-refractivity contribution >= 4 is 11.7 Å². The molecule has 1 heterocycles. The van der Waals surface area contributed by atoms with Crippen molar-refractivity contribution in [3.8, 4) is 11.8 Å². The van der Waals surface area contributed by atoms with Crippen molar-refractivity contribution in [1.82, 2.24) is 4.98 Å². The third-order valence-electron chi connectivity index (χ3n) is 2.80. The molecule has 1 aromatic rings. The van der Waals surface area contributed by atoms with Crippen molar-refractivity contribution in [2.24, 2.45) is 5.92 Å². The Kier molecular flexibility index (Phi) is 3.73. The van der Waals surface area contributed by atoms with Gasteiger partial charge in [-0.25, -0.2) is 4.98 Å². The van der Waals surface area contributed by atoms with E-state index in [0.29, 0.717) is 5.82 Å². The first-order valence-electron chi connectivity index (χ1n) is 5.66. The fourth-order valence-corrected chi connectivity index (χ4v) is 1.62. The second kappa shape index (κ2) is 5.46. The molecule has 17 heavy (non-hydrogen) atoms. The summed E-state index contributed by atoms with van der Waals surface area (Å²) < 4.78 is 0. The SMILES string of the molecule is O=C(Nc1cc(C#CCO)ccn1)C1CCC1. The predicted octanol–water partition coefficient (Wildman–Crippen LogP) is 1.16. The fraction of sp³-hybridized carbons (Fsp3) is 0.385. The van der Waals surface area contributed by atoms with Crippen LogP contribution in [0.5, 0.6) is 0 Å². The lowest BCUT2D eigenvalue weighted by Crippen LogP contribution is -2.28. The summed E-state index contributed by atoms with van der Waals surface area (Å²) in [6, 6.07) is 3.45. The third-order valence-corrected chi connectivity index (χ3v) is 2.80. The van der Waals surface area contributed by atoms with Crippen molar-refractivity contribution in [3.63, 3.8) is 0 Å². The maximum Gasteiger partial charge on any atom is 0.228 e. The Morgan fingerprint density at radius 1 is 1.59 bits per heavy atom. The summed E-state index contributed by atoms with van der Waals surface area (Å²) in [4.78, 5) is 15.8. The highest BCUT2D eigenvalue weighted by molar-refractivity contribution is 5.92. The zero-order valence-electron chi connectivity index (χ0n) is 9.44. The highest BCUT2D eigenvalue weighted by Crippen LogP contribution is 2.27. The van der Waals surface area contributed by atoms with Crippen LogP contribution in [-0.2, 0) is 4.79 Å². The van der Waals surface area contributed by atoms with Crippen LogP contribution >= 0.6 is 0 Å².